The van der Waals surface area contributed by atoms with Gasteiger partial charge in [-0.25, -0.2) is 0 Å². The summed E-state index contributed by atoms with van der Waals surface area (Å²) in [6.07, 6.45) is 43.5. The molecule has 1 rings (SSSR count). The van der Waals surface area contributed by atoms with E-state index in [0.717, 1.165) is 25.8 Å². The van der Waals surface area contributed by atoms with Gasteiger partial charge in [-0.1, -0.05) is 95.8 Å². The predicted molar refractivity (Wildman–Crippen MR) is 196 cm³/mol. The molecule has 1 N–H and O–H groups in total. The fourth-order valence-corrected chi connectivity index (χ4v) is 6.09. The highest BCUT2D eigenvalue weighted by Crippen LogP contribution is 2.27. The summed E-state index contributed by atoms with van der Waals surface area (Å²) >= 11 is 5.76. The molecule has 1 unspecified atom stereocenters. The lowest BCUT2D eigenvalue weighted by molar-refractivity contribution is 0.0954. The summed E-state index contributed by atoms with van der Waals surface area (Å²) in [5, 5.41) is 4.07. The molecular weight excluding hydrogens is 545 g/mol. The van der Waals surface area contributed by atoms with E-state index in [-0.39, 0.29) is 6.10 Å². The first-order chi connectivity index (χ1) is 21.2. The Morgan fingerprint density at radius 1 is 0.628 bits per heavy atom. The first-order valence-electron chi connectivity index (χ1n) is 18.8. The first-order valence-corrected chi connectivity index (χ1v) is 19.2. The van der Waals surface area contributed by atoms with E-state index in [1.54, 1.807) is 0 Å². The van der Waals surface area contributed by atoms with Crippen molar-refractivity contribution in [3.05, 3.63) is 36.5 Å². The van der Waals surface area contributed by atoms with Crippen LogP contribution in [-0.2, 0) is 4.74 Å². The number of nitrogens with one attached hydrogen (secondary N) is 1. The summed E-state index contributed by atoms with van der Waals surface area (Å²) in [4.78, 5) is 2.52. The maximum absolute atomic E-state index is 6.61. The maximum Gasteiger partial charge on any atom is 0.256 e. The SMILES string of the molecule is CCCCC/C=C\CCCC(CCC/C=C\CCCCC)C(CCC/C=C\CCCCC)OC(=S)NCCCN1CCC1. The van der Waals surface area contributed by atoms with Gasteiger partial charge in [-0.3, -0.25) is 0 Å². The van der Waals surface area contributed by atoms with Crippen molar-refractivity contribution in [1.82, 2.24) is 10.2 Å². The molecule has 1 atom stereocenters. The van der Waals surface area contributed by atoms with E-state index >= 15 is 0 Å². The van der Waals surface area contributed by atoms with Crippen molar-refractivity contribution in [2.24, 2.45) is 5.92 Å². The number of allylic oxidation sites excluding steroid dienone is 6. The van der Waals surface area contributed by atoms with Gasteiger partial charge < -0.3 is 15.0 Å². The van der Waals surface area contributed by atoms with E-state index in [1.165, 1.54) is 148 Å². The second kappa shape index (κ2) is 30.9. The van der Waals surface area contributed by atoms with Gasteiger partial charge in [-0.05, 0) is 147 Å². The summed E-state index contributed by atoms with van der Waals surface area (Å²) in [5.41, 5.74) is 0. The van der Waals surface area contributed by atoms with Crippen molar-refractivity contribution >= 4 is 17.4 Å². The number of thiocarbonyl (C=S) groups is 1. The Hall–Kier alpha value is -1.13. The predicted octanol–water partition coefficient (Wildman–Crippen LogP) is 11.9. The van der Waals surface area contributed by atoms with Crippen molar-refractivity contribution in [1.29, 1.82) is 0 Å². The molecule has 3 nitrogen and oxygen atoms in total. The van der Waals surface area contributed by atoms with E-state index in [2.05, 4.69) is 67.4 Å². The summed E-state index contributed by atoms with van der Waals surface area (Å²) in [6.45, 7) is 11.5. The van der Waals surface area contributed by atoms with Crippen molar-refractivity contribution in [3.63, 3.8) is 0 Å². The maximum atomic E-state index is 6.61. The van der Waals surface area contributed by atoms with Crippen LogP contribution in [0.1, 0.15) is 168 Å². The Bertz CT molecular complexity index is 673. The third-order valence-corrected chi connectivity index (χ3v) is 9.07. The number of hydrogen-bond acceptors (Lipinski definition) is 3. The quantitative estimate of drug-likeness (QED) is 0.0493. The average Bonchev–Trinajstić information content (AvgIpc) is 2.98. The highest BCUT2D eigenvalue weighted by Gasteiger charge is 2.23. The fourth-order valence-electron chi connectivity index (χ4n) is 5.86. The minimum atomic E-state index is 0.214. The molecule has 1 saturated heterocycles. The molecule has 0 spiro atoms. The number of likely N-dealkylation sites (tertiary alicyclic amines) is 1. The molecule has 43 heavy (non-hydrogen) atoms. The molecule has 0 saturated carbocycles. The number of nitrogens with zero attached hydrogens (tertiary/aromatic N) is 1. The summed E-state index contributed by atoms with van der Waals surface area (Å²) in [5.74, 6) is 0.566. The van der Waals surface area contributed by atoms with Crippen LogP contribution in [-0.4, -0.2) is 42.4 Å². The van der Waals surface area contributed by atoms with Gasteiger partial charge in [0.2, 0.25) is 0 Å². The lowest BCUT2D eigenvalue weighted by Crippen LogP contribution is -2.39. The third-order valence-electron chi connectivity index (χ3n) is 8.83. The monoisotopic (exact) mass is 617 g/mol. The smallest absolute Gasteiger partial charge is 0.256 e. The van der Waals surface area contributed by atoms with Crippen LogP contribution in [0.15, 0.2) is 36.5 Å². The molecule has 4 heteroatoms. The summed E-state index contributed by atoms with van der Waals surface area (Å²) in [7, 11) is 0. The van der Waals surface area contributed by atoms with E-state index in [1.807, 2.05) is 0 Å². The Kier molecular flexibility index (Phi) is 28.6. The van der Waals surface area contributed by atoms with Crippen LogP contribution < -0.4 is 5.32 Å². The van der Waals surface area contributed by atoms with Crippen molar-refractivity contribution in [2.75, 3.05) is 26.2 Å². The molecule has 250 valence electrons. The molecule has 0 aromatic heterocycles. The van der Waals surface area contributed by atoms with Gasteiger partial charge in [0.25, 0.3) is 5.17 Å². The van der Waals surface area contributed by atoms with Crippen molar-refractivity contribution in [3.8, 4) is 0 Å². The Balaban J connectivity index is 2.69. The van der Waals surface area contributed by atoms with E-state index in [9.17, 15) is 0 Å². The van der Waals surface area contributed by atoms with Gasteiger partial charge in [-0.15, -0.1) is 0 Å². The van der Waals surface area contributed by atoms with Gasteiger partial charge in [0.05, 0.1) is 0 Å². The molecule has 0 radical (unpaired) electrons. The molecule has 0 aromatic rings. The molecule has 1 heterocycles. The number of unbranched alkanes of at least 4 members (excludes halogenated alkanes) is 12. The van der Waals surface area contributed by atoms with Gasteiger partial charge >= 0.3 is 0 Å². The fraction of sp³-hybridized carbons (Fsp3) is 0.821. The van der Waals surface area contributed by atoms with Gasteiger partial charge in [0.1, 0.15) is 6.10 Å². The minimum absolute atomic E-state index is 0.214. The topological polar surface area (TPSA) is 24.5 Å². The molecular formula is C39H72N2OS. The zero-order chi connectivity index (χ0) is 31.1. The highest BCUT2D eigenvalue weighted by molar-refractivity contribution is 7.80. The number of hydrogen-bond donors (Lipinski definition) is 1. The molecule has 1 fully saturated rings. The molecule has 1 aliphatic rings. The molecule has 0 amide bonds. The van der Waals surface area contributed by atoms with Crippen LogP contribution in [0, 0.1) is 5.92 Å². The standard InChI is InChI=1S/C39H72N2OS/c1-4-7-10-13-16-19-22-25-30-37(31-26-23-20-17-14-11-8-5-2)38(32-27-24-21-18-15-12-9-6-3)42-39(43)40-33-28-34-41-35-29-36-41/h16-21,37-38H,4-15,22-36H2,1-3H3,(H,40,43)/b19-16-,20-17-,21-18-. The zero-order valence-corrected chi connectivity index (χ0v) is 29.8. The summed E-state index contributed by atoms with van der Waals surface area (Å²) in [6, 6.07) is 0. The molecule has 1 aliphatic heterocycles. The van der Waals surface area contributed by atoms with Gasteiger partial charge in [0, 0.05) is 6.54 Å². The minimum Gasteiger partial charge on any atom is -0.467 e. The second-order valence-electron chi connectivity index (χ2n) is 12.9. The summed E-state index contributed by atoms with van der Waals surface area (Å²) < 4.78 is 6.61. The Labute approximate surface area is 274 Å². The number of rotatable bonds is 30. The molecule has 0 bridgehead atoms. The molecule has 0 aliphatic carbocycles. The van der Waals surface area contributed by atoms with Crippen LogP contribution in [0.3, 0.4) is 0 Å². The lowest BCUT2D eigenvalue weighted by Gasteiger charge is -2.31. The highest BCUT2D eigenvalue weighted by atomic mass is 32.1. The van der Waals surface area contributed by atoms with Gasteiger partial charge in [0.15, 0.2) is 0 Å². The third kappa shape index (κ3) is 24.8. The largest absolute Gasteiger partial charge is 0.467 e. The van der Waals surface area contributed by atoms with E-state index < -0.39 is 0 Å². The van der Waals surface area contributed by atoms with Crippen molar-refractivity contribution < 1.29 is 4.74 Å². The van der Waals surface area contributed by atoms with Crippen molar-refractivity contribution in [2.45, 2.75) is 175 Å². The van der Waals surface area contributed by atoms with Gasteiger partial charge in [-0.2, -0.15) is 0 Å². The first kappa shape index (κ1) is 39.9. The Morgan fingerprint density at radius 2 is 1.07 bits per heavy atom. The molecule has 0 aromatic carbocycles. The van der Waals surface area contributed by atoms with E-state index in [4.69, 9.17) is 17.0 Å². The normalized spacial score (nSPS) is 14.8. The van der Waals surface area contributed by atoms with Crippen LogP contribution in [0.5, 0.6) is 0 Å². The van der Waals surface area contributed by atoms with Crippen LogP contribution in [0.4, 0.5) is 0 Å². The lowest BCUT2D eigenvalue weighted by atomic mass is 9.87. The zero-order valence-electron chi connectivity index (χ0n) is 29.0. The van der Waals surface area contributed by atoms with Crippen LogP contribution >= 0.6 is 12.2 Å². The number of ether oxygens (including phenoxy) is 1. The van der Waals surface area contributed by atoms with Crippen LogP contribution in [0.25, 0.3) is 0 Å². The average molecular weight is 617 g/mol. The van der Waals surface area contributed by atoms with E-state index in [0.29, 0.717) is 11.1 Å². The van der Waals surface area contributed by atoms with Crippen LogP contribution in [0.2, 0.25) is 0 Å². The Morgan fingerprint density at radius 3 is 1.49 bits per heavy atom. The second-order valence-corrected chi connectivity index (χ2v) is 13.2.